The molecule has 4 aromatic rings. The molecule has 4 unspecified atom stereocenters. The summed E-state index contributed by atoms with van der Waals surface area (Å²) in [4.78, 5) is 186. The topological polar surface area (TPSA) is 567 Å². The summed E-state index contributed by atoms with van der Waals surface area (Å²) in [6, 6.07) is 0.00249. The van der Waals surface area contributed by atoms with Crippen molar-refractivity contribution < 1.29 is 82.8 Å². The Kier molecular flexibility index (Phi) is 30.0. The highest BCUT2D eigenvalue weighted by Crippen LogP contribution is 2.24. The van der Waals surface area contributed by atoms with Gasteiger partial charge >= 0.3 is 0 Å². The lowest BCUT2D eigenvalue weighted by molar-refractivity contribution is -0.136. The highest BCUT2D eigenvalue weighted by molar-refractivity contribution is 8.76. The van der Waals surface area contributed by atoms with Crippen molar-refractivity contribution in [2.45, 2.75) is 132 Å². The number of phenolic OH excluding ortho intramolecular Hbond substituents is 2. The minimum atomic E-state index is -1.93. The van der Waals surface area contributed by atoms with Crippen molar-refractivity contribution in [3.05, 3.63) is 95.7 Å². The fourth-order valence-corrected chi connectivity index (χ4v) is 11.8. The zero-order chi connectivity index (χ0) is 70.8. The van der Waals surface area contributed by atoms with Gasteiger partial charge in [-0.25, -0.2) is 0 Å². The van der Waals surface area contributed by atoms with E-state index in [9.17, 15) is 82.8 Å². The molecule has 0 radical (unpaired) electrons. The van der Waals surface area contributed by atoms with Crippen LogP contribution in [0.2, 0.25) is 0 Å². The minimum Gasteiger partial charge on any atom is -0.508 e. The van der Waals surface area contributed by atoms with Crippen molar-refractivity contribution in [1.82, 2.24) is 63.5 Å². The average molecular weight is 1380 g/mol. The summed E-state index contributed by atoms with van der Waals surface area (Å²) in [5, 5.41) is 68.9. The van der Waals surface area contributed by atoms with Crippen molar-refractivity contribution in [3.63, 3.8) is 0 Å². The lowest BCUT2D eigenvalue weighted by Crippen LogP contribution is -2.61. The second kappa shape index (κ2) is 37.6. The number of nitrogens with two attached hydrogens (primary N) is 4. The highest BCUT2D eigenvalue weighted by Gasteiger charge is 2.37. The number of amides is 13. The van der Waals surface area contributed by atoms with E-state index in [2.05, 4.69) is 68.5 Å². The predicted molar refractivity (Wildman–Crippen MR) is 351 cm³/mol. The van der Waals surface area contributed by atoms with Crippen molar-refractivity contribution >= 4 is 115 Å². The molecule has 520 valence electrons. The first-order valence-electron chi connectivity index (χ1n) is 30.1. The van der Waals surface area contributed by atoms with Crippen molar-refractivity contribution in [3.8, 4) is 11.5 Å². The van der Waals surface area contributed by atoms with Crippen LogP contribution in [0.3, 0.4) is 0 Å². The number of rotatable bonds is 17. The van der Waals surface area contributed by atoms with E-state index in [1.807, 2.05) is 0 Å². The number of benzene rings is 3. The molecular formula is C60H81N17O17S2. The Balaban J connectivity index is 1.58. The molecule has 0 saturated carbocycles. The standard InChI is InChI=1S/C60H81N17O17S2/c1-29-50(85)67-30(2)51(86)77-46(49(62)84)27-95-96-28-47(69-31(3)80)59(94)73-41(21-32-10-14-35(81)15-11-32)54(89)71-40(18-19-48(61)83)53(88)75-45(26-79)58(93)74-43(23-34-24-66-38-8-5-4-7-37(34)38)56(91)70-39(9-6-20-65-60(63)64)52(87)72-42(22-33-12-16-36(82)17-13-33)55(90)76-44(25-78)57(92)68-29/h4-5,7-8,10-17,24,29-30,39-47,66,78-79,81-82H,6,9,18-23,25-28H2,1-3H3,(H2,61,83)(H2,62,84)(H,67,85)(H,68,92)(H,69,80)(H,70,91)(H,71,89)(H,72,87)(H,73,94)(H,74,93)(H,75,88)(H,76,90)(H,77,86)(H4,63,64,65)/t29-,30-,39-,40-,41?,42?,43?,44-,45-,46?,47-/m0/s1. The summed E-state index contributed by atoms with van der Waals surface area (Å²) in [6.07, 6.45) is -0.803. The molecule has 1 saturated heterocycles. The molecule has 36 heteroatoms. The number of guanidine groups is 1. The molecule has 1 aromatic heterocycles. The molecule has 1 fully saturated rings. The molecule has 1 aliphatic heterocycles. The van der Waals surface area contributed by atoms with E-state index in [-0.39, 0.29) is 67.6 Å². The molecule has 96 heavy (non-hydrogen) atoms. The van der Waals surface area contributed by atoms with E-state index in [0.717, 1.165) is 28.5 Å². The first kappa shape index (κ1) is 76.5. The normalized spacial score (nSPS) is 24.0. The van der Waals surface area contributed by atoms with Crippen LogP contribution in [0.4, 0.5) is 0 Å². The first-order valence-corrected chi connectivity index (χ1v) is 32.6. The number of nitrogens with one attached hydrogen (secondary N) is 12. The third-order valence-corrected chi connectivity index (χ3v) is 17.1. The molecule has 0 spiro atoms. The lowest BCUT2D eigenvalue weighted by atomic mass is 10.0. The summed E-state index contributed by atoms with van der Waals surface area (Å²) in [5.41, 5.74) is 24.0. The summed E-state index contributed by atoms with van der Waals surface area (Å²) in [5.74, 6) is -14.4. The van der Waals surface area contributed by atoms with Gasteiger partial charge in [0.15, 0.2) is 5.96 Å². The Morgan fingerprint density at radius 1 is 0.521 bits per heavy atom. The molecule has 5 rings (SSSR count). The van der Waals surface area contributed by atoms with Crippen LogP contribution < -0.4 is 81.4 Å². The smallest absolute Gasteiger partial charge is 0.245 e. The van der Waals surface area contributed by atoms with Gasteiger partial charge in [-0.3, -0.25) is 67.3 Å². The Bertz CT molecular complexity index is 3470. The maximum Gasteiger partial charge on any atom is 0.245 e. The molecule has 34 nitrogen and oxygen atoms in total. The van der Waals surface area contributed by atoms with Gasteiger partial charge in [0.1, 0.15) is 78.0 Å². The van der Waals surface area contributed by atoms with Gasteiger partial charge < -0.3 is 107 Å². The Hall–Kier alpha value is -10.2. The number of H-pyrrole nitrogens is 1. The molecule has 11 atom stereocenters. The number of para-hydroxylation sites is 1. The maximum absolute atomic E-state index is 14.9. The highest BCUT2D eigenvalue weighted by atomic mass is 33.1. The lowest BCUT2D eigenvalue weighted by Gasteiger charge is -2.28. The molecule has 0 aliphatic carbocycles. The third kappa shape index (κ3) is 24.6. The SMILES string of the molecule is CC(=O)N[C@H]1CSSCC(C(N)=O)NC(=O)[C@H](C)NC(=O)[C@H](C)NC(=O)[C@H](CO)NC(=O)C(Cc2ccc(O)cc2)NC(=O)[C@H](CCCN=C(N)N)NC(=O)C(Cc2c[nH]c3ccccc23)NC(=O)[C@H](CO)NC(=O)[C@H](CCC(N)=O)NC(=O)C(Cc2ccc(O)cc2)NC1=O. The average Bonchev–Trinajstić information content (AvgIpc) is 1.68. The van der Waals surface area contributed by atoms with Gasteiger partial charge in [0, 0.05) is 67.8 Å². The van der Waals surface area contributed by atoms with E-state index >= 15 is 0 Å². The van der Waals surface area contributed by atoms with Crippen LogP contribution in [0.5, 0.6) is 11.5 Å². The van der Waals surface area contributed by atoms with Crippen LogP contribution in [-0.2, 0) is 81.6 Å². The van der Waals surface area contributed by atoms with Crippen molar-refractivity contribution in [2.24, 2.45) is 27.9 Å². The van der Waals surface area contributed by atoms with Gasteiger partial charge in [-0.05, 0) is 80.1 Å². The van der Waals surface area contributed by atoms with Crippen LogP contribution in [0.25, 0.3) is 10.9 Å². The quantitative estimate of drug-likeness (QED) is 0.0203. The molecule has 3 aromatic carbocycles. The molecule has 24 N–H and O–H groups in total. The number of phenols is 2. The maximum atomic E-state index is 14.9. The van der Waals surface area contributed by atoms with E-state index in [4.69, 9.17) is 22.9 Å². The molecule has 1 aliphatic rings. The predicted octanol–water partition coefficient (Wildman–Crippen LogP) is -5.82. The number of aliphatic imine (C=N–C) groups is 1. The van der Waals surface area contributed by atoms with Gasteiger partial charge in [0.2, 0.25) is 76.8 Å². The third-order valence-electron chi connectivity index (χ3n) is 14.7. The number of carbonyl (C=O) groups excluding carboxylic acids is 13. The number of aromatic amines is 1. The number of nitrogens with zero attached hydrogens (tertiary/aromatic N) is 1. The Morgan fingerprint density at radius 2 is 0.948 bits per heavy atom. The molecular weight excluding hydrogens is 1290 g/mol. The first-order chi connectivity index (χ1) is 45.5. The second-order valence-electron chi connectivity index (χ2n) is 22.3. The van der Waals surface area contributed by atoms with Crippen LogP contribution in [0.15, 0.2) is 84.0 Å². The van der Waals surface area contributed by atoms with Gasteiger partial charge in [0.25, 0.3) is 0 Å². The van der Waals surface area contributed by atoms with E-state index in [1.54, 1.807) is 30.5 Å². The fraction of sp³-hybridized carbons (Fsp3) is 0.433. The molecule has 2 heterocycles. The summed E-state index contributed by atoms with van der Waals surface area (Å²) in [7, 11) is 1.84. The van der Waals surface area contributed by atoms with Crippen molar-refractivity contribution in [2.75, 3.05) is 31.3 Å². The number of hydrogen-bond donors (Lipinski definition) is 20. The van der Waals surface area contributed by atoms with Crippen LogP contribution in [-0.4, -0.2) is 206 Å². The van der Waals surface area contributed by atoms with Gasteiger partial charge in [-0.15, -0.1) is 0 Å². The number of hydrogen-bond acceptors (Lipinski definition) is 20. The summed E-state index contributed by atoms with van der Waals surface area (Å²) in [6.45, 7) is 1.24. The number of aliphatic hydroxyl groups excluding tert-OH is 2. The number of aliphatic hydroxyl groups is 2. The number of aromatic nitrogens is 1. The number of fused-ring (bicyclic) bond motifs is 1. The minimum absolute atomic E-state index is 0.00760. The Labute approximate surface area is 557 Å². The second-order valence-corrected chi connectivity index (χ2v) is 24.9. The van der Waals surface area contributed by atoms with Crippen molar-refractivity contribution in [1.29, 1.82) is 0 Å². The fourth-order valence-electron chi connectivity index (χ4n) is 9.44. The van der Waals surface area contributed by atoms with Gasteiger partial charge in [-0.2, -0.15) is 0 Å². The van der Waals surface area contributed by atoms with Crippen LogP contribution in [0, 0.1) is 0 Å². The summed E-state index contributed by atoms with van der Waals surface area (Å²) >= 11 is 0. The monoisotopic (exact) mass is 1380 g/mol. The van der Waals surface area contributed by atoms with E-state index in [0.29, 0.717) is 27.6 Å². The van der Waals surface area contributed by atoms with Crippen LogP contribution in [0.1, 0.15) is 63.1 Å². The van der Waals surface area contributed by atoms with E-state index in [1.165, 1.54) is 62.4 Å². The Morgan fingerprint density at radius 3 is 1.45 bits per heavy atom. The summed E-state index contributed by atoms with van der Waals surface area (Å²) < 4.78 is 0. The molecule has 13 amide bonds. The number of primary amides is 2. The molecule has 0 bridgehead atoms. The zero-order valence-corrected chi connectivity index (χ0v) is 54.1. The zero-order valence-electron chi connectivity index (χ0n) is 52.5. The van der Waals surface area contributed by atoms with Gasteiger partial charge in [0.05, 0.1) is 13.2 Å². The van der Waals surface area contributed by atoms with Crippen LogP contribution >= 0.6 is 21.6 Å². The van der Waals surface area contributed by atoms with E-state index < -0.39 is 169 Å². The number of carbonyl (C=O) groups is 13. The number of aromatic hydroxyl groups is 2. The largest absolute Gasteiger partial charge is 0.508 e. The van der Waals surface area contributed by atoms with Gasteiger partial charge in [-0.1, -0.05) is 64.1 Å².